The van der Waals surface area contributed by atoms with E-state index < -0.39 is 27.8 Å². The molecule has 1 heterocycles. The number of halogens is 3. The molecule has 0 bridgehead atoms. The van der Waals surface area contributed by atoms with Crippen LogP contribution in [-0.4, -0.2) is 25.6 Å². The van der Waals surface area contributed by atoms with Crippen molar-refractivity contribution in [1.82, 2.24) is 10.3 Å². The molecule has 0 aliphatic carbocycles. The van der Waals surface area contributed by atoms with Crippen molar-refractivity contribution in [2.45, 2.75) is 45.8 Å². The molecule has 0 fully saturated rings. The first-order chi connectivity index (χ1) is 14.8. The zero-order valence-corrected chi connectivity index (χ0v) is 19.1. The molecule has 174 valence electrons. The maximum Gasteiger partial charge on any atom is 0.433 e. The number of benzene rings is 1. The number of pyridine rings is 1. The number of nitrogens with one attached hydrogen (secondary N) is 2. The van der Waals surface area contributed by atoms with Crippen molar-refractivity contribution in [2.75, 3.05) is 11.0 Å². The average molecular weight is 470 g/mol. The zero-order valence-electron chi connectivity index (χ0n) is 18.2. The van der Waals surface area contributed by atoms with Crippen LogP contribution in [0, 0.1) is 6.92 Å². The Balaban J connectivity index is 2.10. The first kappa shape index (κ1) is 25.4. The van der Waals surface area contributed by atoms with Crippen molar-refractivity contribution in [3.8, 4) is 0 Å². The lowest BCUT2D eigenvalue weighted by atomic mass is 9.98. The Bertz CT molecular complexity index is 1110. The largest absolute Gasteiger partial charge is 0.433 e. The minimum Gasteiger partial charge on any atom is -0.348 e. The smallest absolute Gasteiger partial charge is 0.348 e. The summed E-state index contributed by atoms with van der Waals surface area (Å²) in [4.78, 5) is 16.0. The lowest BCUT2D eigenvalue weighted by molar-refractivity contribution is -0.141. The highest BCUT2D eigenvalue weighted by atomic mass is 32.2. The highest BCUT2D eigenvalue weighted by Gasteiger charge is 2.33. The third-order valence-corrected chi connectivity index (χ3v) is 5.38. The van der Waals surface area contributed by atoms with E-state index in [1.807, 2.05) is 6.92 Å². The Labute approximate surface area is 186 Å². The van der Waals surface area contributed by atoms with Crippen LogP contribution in [0.3, 0.4) is 0 Å². The minimum atomic E-state index is -4.54. The molecular weight excluding hydrogens is 443 g/mol. The monoisotopic (exact) mass is 469 g/mol. The fraction of sp³-hybridized carbons (Fsp3) is 0.364. The van der Waals surface area contributed by atoms with Gasteiger partial charge in [-0.3, -0.25) is 9.52 Å². The predicted octanol–water partition coefficient (Wildman–Crippen LogP) is 4.62. The van der Waals surface area contributed by atoms with Crippen LogP contribution in [0.5, 0.6) is 0 Å². The maximum absolute atomic E-state index is 13.0. The van der Waals surface area contributed by atoms with Crippen LogP contribution in [0.25, 0.3) is 6.08 Å². The van der Waals surface area contributed by atoms with E-state index in [1.165, 1.54) is 18.2 Å². The standard InChI is InChI=1S/C22H26F3N3O3S/c1-5-14(2)21-17(7-10-19(27-21)22(23,24)25)8-11-20(29)26-13-16-6-9-18(15(3)12-16)28-32(4,30)31/h6-12,14,28H,5,13H2,1-4H3,(H,26,29)/b11-8+/t14-/m1/s1. The van der Waals surface area contributed by atoms with Crippen LogP contribution >= 0.6 is 0 Å². The fourth-order valence-electron chi connectivity index (χ4n) is 2.94. The van der Waals surface area contributed by atoms with E-state index in [2.05, 4.69) is 15.0 Å². The Morgan fingerprint density at radius 3 is 2.47 bits per heavy atom. The number of alkyl halides is 3. The van der Waals surface area contributed by atoms with Crippen molar-refractivity contribution < 1.29 is 26.4 Å². The van der Waals surface area contributed by atoms with Crippen LogP contribution in [0.15, 0.2) is 36.4 Å². The SMILES string of the molecule is CC[C@@H](C)c1nc(C(F)(F)F)ccc1/C=C/C(=O)NCc1ccc(NS(C)(=O)=O)c(C)c1. The van der Waals surface area contributed by atoms with Gasteiger partial charge in [-0.05, 0) is 54.2 Å². The fourth-order valence-corrected chi connectivity index (χ4v) is 3.56. The Morgan fingerprint density at radius 1 is 1.22 bits per heavy atom. The van der Waals surface area contributed by atoms with Gasteiger partial charge in [0.2, 0.25) is 15.9 Å². The lowest BCUT2D eigenvalue weighted by Gasteiger charge is -2.15. The first-order valence-electron chi connectivity index (χ1n) is 9.91. The number of anilines is 1. The maximum atomic E-state index is 13.0. The number of rotatable bonds is 8. The molecule has 1 atom stereocenters. The van der Waals surface area contributed by atoms with E-state index in [9.17, 15) is 26.4 Å². The van der Waals surface area contributed by atoms with Gasteiger partial charge in [-0.2, -0.15) is 13.2 Å². The van der Waals surface area contributed by atoms with Crippen molar-refractivity contribution in [3.05, 3.63) is 64.5 Å². The summed E-state index contributed by atoms with van der Waals surface area (Å²) in [5.41, 5.74) is 1.70. The van der Waals surface area contributed by atoms with Gasteiger partial charge in [-0.15, -0.1) is 0 Å². The van der Waals surface area contributed by atoms with Crippen LogP contribution in [0.4, 0.5) is 18.9 Å². The second-order valence-electron chi connectivity index (χ2n) is 7.55. The number of amides is 1. The van der Waals surface area contributed by atoms with Gasteiger partial charge in [0.15, 0.2) is 0 Å². The molecule has 1 aromatic heterocycles. The van der Waals surface area contributed by atoms with Crippen LogP contribution in [0.2, 0.25) is 0 Å². The number of aromatic nitrogens is 1. The number of aryl methyl sites for hydroxylation is 1. The third-order valence-electron chi connectivity index (χ3n) is 4.79. The second-order valence-corrected chi connectivity index (χ2v) is 9.30. The molecule has 1 amide bonds. The molecule has 2 N–H and O–H groups in total. The molecule has 0 aliphatic rings. The highest BCUT2D eigenvalue weighted by molar-refractivity contribution is 7.92. The van der Waals surface area contributed by atoms with Crippen molar-refractivity contribution in [3.63, 3.8) is 0 Å². The van der Waals surface area contributed by atoms with E-state index in [0.717, 1.165) is 17.9 Å². The molecule has 32 heavy (non-hydrogen) atoms. The molecule has 0 spiro atoms. The summed E-state index contributed by atoms with van der Waals surface area (Å²) < 4.78 is 64.1. The number of nitrogens with zero attached hydrogens (tertiary/aromatic N) is 1. The summed E-state index contributed by atoms with van der Waals surface area (Å²) >= 11 is 0. The molecule has 0 unspecified atom stereocenters. The summed E-state index contributed by atoms with van der Waals surface area (Å²) in [7, 11) is -3.39. The number of hydrogen-bond donors (Lipinski definition) is 2. The third kappa shape index (κ3) is 7.37. The molecule has 2 rings (SSSR count). The topological polar surface area (TPSA) is 88.2 Å². The van der Waals surface area contributed by atoms with E-state index in [0.29, 0.717) is 23.2 Å². The zero-order chi connectivity index (χ0) is 24.1. The summed E-state index contributed by atoms with van der Waals surface area (Å²) in [5.74, 6) is -0.627. The quantitative estimate of drug-likeness (QED) is 0.552. The van der Waals surface area contributed by atoms with E-state index in [4.69, 9.17) is 0 Å². The van der Waals surface area contributed by atoms with E-state index >= 15 is 0 Å². The van der Waals surface area contributed by atoms with Crippen LogP contribution in [0.1, 0.15) is 54.3 Å². The normalized spacial score (nSPS) is 13.2. The van der Waals surface area contributed by atoms with E-state index in [1.54, 1.807) is 32.0 Å². The molecule has 10 heteroatoms. The van der Waals surface area contributed by atoms with Gasteiger partial charge in [0.1, 0.15) is 5.69 Å². The summed E-state index contributed by atoms with van der Waals surface area (Å²) in [6.45, 7) is 5.58. The molecule has 0 aliphatic heterocycles. The van der Waals surface area contributed by atoms with Gasteiger partial charge < -0.3 is 5.32 Å². The second kappa shape index (κ2) is 10.2. The summed E-state index contributed by atoms with van der Waals surface area (Å²) in [6.07, 6.45) is -0.167. The molecule has 0 saturated carbocycles. The van der Waals surface area contributed by atoms with Gasteiger partial charge in [-0.25, -0.2) is 13.4 Å². The van der Waals surface area contributed by atoms with Crippen LogP contribution < -0.4 is 10.0 Å². The number of carbonyl (C=O) groups is 1. The van der Waals surface area contributed by atoms with Gasteiger partial charge in [-0.1, -0.05) is 32.0 Å². The van der Waals surface area contributed by atoms with Gasteiger partial charge in [0.25, 0.3) is 0 Å². The summed E-state index contributed by atoms with van der Waals surface area (Å²) in [5, 5.41) is 2.70. The molecule has 0 radical (unpaired) electrons. The van der Waals surface area contributed by atoms with Crippen LogP contribution in [-0.2, 0) is 27.5 Å². The Kier molecular flexibility index (Phi) is 8.06. The number of hydrogen-bond acceptors (Lipinski definition) is 4. The van der Waals surface area contributed by atoms with Crippen molar-refractivity contribution >= 4 is 27.7 Å². The number of carbonyl (C=O) groups excluding carboxylic acids is 1. The molecule has 6 nitrogen and oxygen atoms in total. The molecule has 0 saturated heterocycles. The highest BCUT2D eigenvalue weighted by Crippen LogP contribution is 2.31. The number of sulfonamides is 1. The van der Waals surface area contributed by atoms with E-state index in [-0.39, 0.29) is 18.2 Å². The Morgan fingerprint density at radius 2 is 1.91 bits per heavy atom. The lowest BCUT2D eigenvalue weighted by Crippen LogP contribution is -2.20. The average Bonchev–Trinajstić information content (AvgIpc) is 2.70. The van der Waals surface area contributed by atoms with Gasteiger partial charge >= 0.3 is 6.18 Å². The predicted molar refractivity (Wildman–Crippen MR) is 118 cm³/mol. The van der Waals surface area contributed by atoms with Crippen molar-refractivity contribution in [2.24, 2.45) is 0 Å². The van der Waals surface area contributed by atoms with Crippen molar-refractivity contribution in [1.29, 1.82) is 0 Å². The molecular formula is C22H26F3N3O3S. The molecule has 2 aromatic rings. The van der Waals surface area contributed by atoms with Gasteiger partial charge in [0.05, 0.1) is 17.6 Å². The minimum absolute atomic E-state index is 0.201. The summed E-state index contributed by atoms with van der Waals surface area (Å²) in [6, 6.07) is 7.26. The van der Waals surface area contributed by atoms with Gasteiger partial charge in [0, 0.05) is 12.6 Å². The Hall–Kier alpha value is -2.88. The first-order valence-corrected chi connectivity index (χ1v) is 11.8. The molecule has 1 aromatic carbocycles.